The summed E-state index contributed by atoms with van der Waals surface area (Å²) in [5.41, 5.74) is 1.54. The van der Waals surface area contributed by atoms with Crippen molar-refractivity contribution < 1.29 is 18.9 Å². The molecule has 0 fully saturated rings. The van der Waals surface area contributed by atoms with E-state index in [9.17, 15) is 19.0 Å². The van der Waals surface area contributed by atoms with Gasteiger partial charge in [-0.15, -0.1) is 11.3 Å². The van der Waals surface area contributed by atoms with E-state index in [4.69, 9.17) is 5.11 Å². The molecule has 4 rings (SSSR count). The van der Waals surface area contributed by atoms with E-state index in [1.807, 2.05) is 0 Å². The van der Waals surface area contributed by atoms with E-state index in [0.29, 0.717) is 26.3 Å². The average molecular weight is 426 g/mol. The van der Waals surface area contributed by atoms with Gasteiger partial charge in [0, 0.05) is 28.5 Å². The minimum atomic E-state index is -2.10. The van der Waals surface area contributed by atoms with E-state index < -0.39 is 17.0 Å². The zero-order chi connectivity index (χ0) is 20.5. The summed E-state index contributed by atoms with van der Waals surface area (Å²) in [6, 6.07) is 9.73. The van der Waals surface area contributed by atoms with Crippen molar-refractivity contribution in [2.45, 2.75) is 4.90 Å². The van der Waals surface area contributed by atoms with Gasteiger partial charge in [0.2, 0.25) is 0 Å². The predicted molar refractivity (Wildman–Crippen MR) is 111 cm³/mol. The summed E-state index contributed by atoms with van der Waals surface area (Å²) in [6.07, 6.45) is 3.26. The number of carboxylic acid groups (broad SMARTS) is 1. The molecule has 1 aliphatic heterocycles. The number of aromatic carboxylic acids is 1. The molecule has 2 N–H and O–H groups in total. The lowest BCUT2D eigenvalue weighted by atomic mass is 10.1. The standard InChI is InChI=1S/C19H12N3O5S2/c23-18-15(10-17-20-7-8-28-17)14-9-13(5-6-16(14)21-18)29(27)22(26)12-3-1-11(2-4-12)19(24)25/h1-10H,(H,21,23)(H,24,25)/q-1/b15-10+. The van der Waals surface area contributed by atoms with Crippen LogP contribution in [0.5, 0.6) is 0 Å². The summed E-state index contributed by atoms with van der Waals surface area (Å²) >= 11 is 1.37. The van der Waals surface area contributed by atoms with E-state index >= 15 is 0 Å². The van der Waals surface area contributed by atoms with Gasteiger partial charge in [0.1, 0.15) is 16.0 Å². The molecule has 29 heavy (non-hydrogen) atoms. The van der Waals surface area contributed by atoms with E-state index in [1.165, 1.54) is 47.7 Å². The van der Waals surface area contributed by atoms with Gasteiger partial charge in [-0.3, -0.25) is 4.79 Å². The van der Waals surface area contributed by atoms with Crippen LogP contribution in [0.1, 0.15) is 20.9 Å². The van der Waals surface area contributed by atoms with Crippen LogP contribution in [0.15, 0.2) is 58.9 Å². The highest BCUT2D eigenvalue weighted by atomic mass is 32.2. The average Bonchev–Trinajstić information content (AvgIpc) is 3.35. The largest absolute Gasteiger partial charge is 0.746 e. The van der Waals surface area contributed by atoms with E-state index in [1.54, 1.807) is 23.7 Å². The minimum Gasteiger partial charge on any atom is -0.746 e. The molecule has 1 amide bonds. The van der Waals surface area contributed by atoms with Crippen LogP contribution >= 0.6 is 11.3 Å². The second kappa shape index (κ2) is 7.59. The van der Waals surface area contributed by atoms with Gasteiger partial charge in [-0.1, -0.05) is 0 Å². The molecular formula is C19H12N3O5S2-. The fourth-order valence-electron chi connectivity index (χ4n) is 2.77. The first-order valence-electron chi connectivity index (χ1n) is 8.23. The lowest BCUT2D eigenvalue weighted by Crippen LogP contribution is -2.18. The first kappa shape index (κ1) is 19.0. The maximum absolute atomic E-state index is 12.7. The molecule has 1 unspecified atom stereocenters. The normalized spacial score (nSPS) is 15.1. The number of anilines is 2. The van der Waals surface area contributed by atoms with Gasteiger partial charge in [-0.2, -0.15) is 0 Å². The Balaban J connectivity index is 1.65. The minimum absolute atomic E-state index is 0.0204. The summed E-state index contributed by atoms with van der Waals surface area (Å²) < 4.78 is 13.0. The second-order valence-corrected chi connectivity index (χ2v) is 8.18. The molecule has 0 saturated carbocycles. The molecule has 2 heterocycles. The lowest BCUT2D eigenvalue weighted by molar-refractivity contribution is -0.110. The van der Waals surface area contributed by atoms with Crippen LogP contribution in [0.3, 0.4) is 0 Å². The maximum atomic E-state index is 12.7. The summed E-state index contributed by atoms with van der Waals surface area (Å²) in [5.74, 6) is -1.42. The molecule has 0 spiro atoms. The number of fused-ring (bicyclic) bond motifs is 1. The quantitative estimate of drug-likeness (QED) is 0.476. The number of amides is 1. The number of carbonyl (C=O) groups excluding carboxylic acids is 1. The Kier molecular flexibility index (Phi) is 4.97. The molecule has 1 aliphatic rings. The van der Waals surface area contributed by atoms with E-state index in [2.05, 4.69) is 10.3 Å². The molecule has 0 radical (unpaired) electrons. The Morgan fingerprint density at radius 2 is 2.00 bits per heavy atom. The van der Waals surface area contributed by atoms with Gasteiger partial charge in [0.25, 0.3) is 5.91 Å². The molecule has 0 bridgehead atoms. The number of benzene rings is 2. The highest BCUT2D eigenvalue weighted by Crippen LogP contribution is 2.35. The number of hydrogen-bond donors (Lipinski definition) is 2. The van der Waals surface area contributed by atoms with Crippen molar-refractivity contribution in [2.75, 3.05) is 9.79 Å². The molecule has 8 nitrogen and oxygen atoms in total. The van der Waals surface area contributed by atoms with Crippen molar-refractivity contribution in [1.82, 2.24) is 4.98 Å². The van der Waals surface area contributed by atoms with Crippen molar-refractivity contribution >= 4 is 57.2 Å². The lowest BCUT2D eigenvalue weighted by Gasteiger charge is -2.28. The van der Waals surface area contributed by atoms with Crippen LogP contribution in [-0.2, 0) is 15.8 Å². The summed E-state index contributed by atoms with van der Waals surface area (Å²) in [4.78, 5) is 27.5. The third-order valence-electron chi connectivity index (χ3n) is 4.17. The molecular weight excluding hydrogens is 414 g/mol. The number of aromatic nitrogens is 1. The van der Waals surface area contributed by atoms with Crippen LogP contribution in [0.25, 0.3) is 11.6 Å². The Hall–Kier alpha value is -3.34. The smallest absolute Gasteiger partial charge is 0.335 e. The fraction of sp³-hybridized carbons (Fsp3) is 0. The van der Waals surface area contributed by atoms with Crippen LogP contribution < -0.4 is 9.79 Å². The number of hydrogen-bond acceptors (Lipinski definition) is 6. The third-order valence-corrected chi connectivity index (χ3v) is 6.06. The van der Waals surface area contributed by atoms with Crippen LogP contribution in [0.2, 0.25) is 0 Å². The monoisotopic (exact) mass is 426 g/mol. The zero-order valence-electron chi connectivity index (χ0n) is 14.6. The first-order valence-corrected chi connectivity index (χ1v) is 10.2. The molecule has 0 saturated heterocycles. The van der Waals surface area contributed by atoms with Crippen molar-refractivity contribution in [2.24, 2.45) is 0 Å². The molecule has 1 aromatic heterocycles. The number of nitrogens with one attached hydrogen (secondary N) is 1. The third kappa shape index (κ3) is 3.68. The molecule has 3 aromatic rings. The number of carbonyl (C=O) groups is 2. The summed E-state index contributed by atoms with van der Waals surface area (Å²) in [6.45, 7) is 0. The van der Waals surface area contributed by atoms with Crippen molar-refractivity contribution in [3.8, 4) is 0 Å². The highest BCUT2D eigenvalue weighted by Gasteiger charge is 2.25. The molecule has 10 heteroatoms. The Bertz CT molecular complexity index is 1160. The van der Waals surface area contributed by atoms with Gasteiger partial charge in [0.15, 0.2) is 0 Å². The van der Waals surface area contributed by atoms with Crippen molar-refractivity contribution in [3.63, 3.8) is 0 Å². The SMILES string of the molecule is O=C1Nc2ccc(S(=O)N([O-])c3ccc(C(=O)O)cc3)cc2/C1=C\c1nccs1. The van der Waals surface area contributed by atoms with E-state index in [0.717, 1.165) is 0 Å². The predicted octanol–water partition coefficient (Wildman–Crippen LogP) is 3.36. The topological polar surface area (TPSA) is 123 Å². The fourth-order valence-corrected chi connectivity index (χ4v) is 4.24. The Labute approximate surface area is 171 Å². The number of carboxylic acids is 1. The van der Waals surface area contributed by atoms with Crippen molar-refractivity contribution in [3.05, 3.63) is 75.4 Å². The van der Waals surface area contributed by atoms with Gasteiger partial charge in [-0.05, 0) is 48.5 Å². The first-order chi connectivity index (χ1) is 13.9. The van der Waals surface area contributed by atoms with Gasteiger partial charge >= 0.3 is 5.97 Å². The van der Waals surface area contributed by atoms with Gasteiger partial charge in [0.05, 0.1) is 16.0 Å². The zero-order valence-corrected chi connectivity index (χ0v) is 16.2. The van der Waals surface area contributed by atoms with Crippen LogP contribution in [0, 0.1) is 5.21 Å². The van der Waals surface area contributed by atoms with Crippen molar-refractivity contribution in [1.29, 1.82) is 0 Å². The van der Waals surface area contributed by atoms with Gasteiger partial charge in [-0.25, -0.2) is 14.0 Å². The number of nitrogens with zero attached hydrogens (tertiary/aromatic N) is 2. The second-order valence-electron chi connectivity index (χ2n) is 5.95. The highest BCUT2D eigenvalue weighted by molar-refractivity contribution is 7.86. The van der Waals surface area contributed by atoms with Gasteiger partial charge < -0.3 is 20.1 Å². The van der Waals surface area contributed by atoms with Crippen LogP contribution in [-0.4, -0.2) is 26.2 Å². The molecule has 146 valence electrons. The summed E-state index contributed by atoms with van der Waals surface area (Å²) in [7, 11) is -2.10. The van der Waals surface area contributed by atoms with Crippen LogP contribution in [0.4, 0.5) is 11.4 Å². The molecule has 2 aromatic carbocycles. The molecule has 0 aliphatic carbocycles. The number of thiazole rings is 1. The summed E-state index contributed by atoms with van der Waals surface area (Å²) in [5, 5.41) is 26.6. The Morgan fingerprint density at radius 1 is 1.24 bits per heavy atom. The van der Waals surface area contributed by atoms with E-state index in [-0.39, 0.29) is 22.1 Å². The maximum Gasteiger partial charge on any atom is 0.335 e. The number of rotatable bonds is 5. The Morgan fingerprint density at radius 3 is 2.66 bits per heavy atom. The molecule has 1 atom stereocenters.